The van der Waals surface area contributed by atoms with E-state index in [4.69, 9.17) is 11.6 Å². The van der Waals surface area contributed by atoms with Gasteiger partial charge in [-0.2, -0.15) is 23.8 Å². The summed E-state index contributed by atoms with van der Waals surface area (Å²) in [6.45, 7) is -0.976. The Bertz CT molecular complexity index is 545. The van der Waals surface area contributed by atoms with E-state index in [1.165, 1.54) is 16.9 Å². The number of benzene rings is 1. The predicted octanol–water partition coefficient (Wildman–Crippen LogP) is 3.08. The summed E-state index contributed by atoms with van der Waals surface area (Å²) in [6.07, 6.45) is 2.36. The van der Waals surface area contributed by atoms with E-state index in [1.54, 1.807) is 12.3 Å². The number of halogens is 3. The second-order valence-electron chi connectivity index (χ2n) is 3.47. The molecule has 0 fully saturated rings. The molecule has 1 aromatic carbocycles. The highest BCUT2D eigenvalue weighted by Gasteiger charge is 2.11. The van der Waals surface area contributed by atoms with Crippen LogP contribution in [0.4, 0.5) is 8.78 Å². The summed E-state index contributed by atoms with van der Waals surface area (Å²) in [7, 11) is 0. The largest absolute Gasteiger partial charge is 0.433 e. The van der Waals surface area contributed by atoms with Crippen molar-refractivity contribution >= 4 is 11.6 Å². The van der Waals surface area contributed by atoms with Crippen molar-refractivity contribution in [1.29, 1.82) is 0 Å². The van der Waals surface area contributed by atoms with Crippen LogP contribution in [-0.2, 0) is 6.42 Å². The maximum absolute atomic E-state index is 12.2. The summed E-state index contributed by atoms with van der Waals surface area (Å²) in [5.41, 5.74) is 1.32. The molecular formula is C11H10ClF2N3O. The Kier molecular flexibility index (Phi) is 3.76. The van der Waals surface area contributed by atoms with Crippen molar-refractivity contribution in [3.8, 4) is 11.4 Å². The average Bonchev–Trinajstić information content (AvgIpc) is 2.80. The summed E-state index contributed by atoms with van der Waals surface area (Å²) < 4.78 is 28.7. The van der Waals surface area contributed by atoms with Gasteiger partial charge in [0.05, 0.1) is 22.6 Å². The van der Waals surface area contributed by atoms with Gasteiger partial charge in [0, 0.05) is 6.07 Å². The van der Waals surface area contributed by atoms with E-state index in [-0.39, 0.29) is 10.8 Å². The minimum Gasteiger partial charge on any atom is -0.433 e. The summed E-state index contributed by atoms with van der Waals surface area (Å²) in [5, 5.41) is 8.31. The third kappa shape index (κ3) is 2.76. The normalized spacial score (nSPS) is 10.9. The smallest absolute Gasteiger partial charge is 0.387 e. The lowest BCUT2D eigenvalue weighted by molar-refractivity contribution is -0.0497. The van der Waals surface area contributed by atoms with Gasteiger partial charge in [0.1, 0.15) is 5.75 Å². The van der Waals surface area contributed by atoms with Crippen LogP contribution in [0.25, 0.3) is 5.69 Å². The monoisotopic (exact) mass is 273 g/mol. The van der Waals surface area contributed by atoms with E-state index in [0.717, 1.165) is 12.1 Å². The lowest BCUT2D eigenvalue weighted by Gasteiger charge is -2.08. The third-order valence-corrected chi connectivity index (χ3v) is 2.58. The Balaban J connectivity index is 2.33. The first-order chi connectivity index (χ1) is 8.60. The number of ether oxygens (including phenoxy) is 1. The van der Waals surface area contributed by atoms with Gasteiger partial charge in [0.25, 0.3) is 0 Å². The first kappa shape index (κ1) is 12.8. The van der Waals surface area contributed by atoms with Gasteiger partial charge in [-0.25, -0.2) is 0 Å². The molecule has 1 aromatic heterocycles. The van der Waals surface area contributed by atoms with Gasteiger partial charge in [0.15, 0.2) is 0 Å². The van der Waals surface area contributed by atoms with Crippen molar-refractivity contribution in [3.05, 3.63) is 35.1 Å². The van der Waals surface area contributed by atoms with Crippen LogP contribution in [-0.4, -0.2) is 21.6 Å². The zero-order valence-electron chi connectivity index (χ0n) is 9.48. The molecule has 0 aliphatic heterocycles. The maximum Gasteiger partial charge on any atom is 0.387 e. The van der Waals surface area contributed by atoms with Crippen LogP contribution in [0.3, 0.4) is 0 Å². The van der Waals surface area contributed by atoms with Crippen LogP contribution in [0.15, 0.2) is 24.4 Å². The lowest BCUT2D eigenvalue weighted by Crippen LogP contribution is -2.04. The maximum atomic E-state index is 12.2. The van der Waals surface area contributed by atoms with Gasteiger partial charge in [-0.3, -0.25) is 0 Å². The zero-order valence-corrected chi connectivity index (χ0v) is 10.2. The minimum atomic E-state index is -2.92. The Hall–Kier alpha value is -1.69. The van der Waals surface area contributed by atoms with Crippen LogP contribution >= 0.6 is 11.6 Å². The standard InChI is InChI=1S/C11H10ClF2N3O/c1-2-7-6-15-17(16-7)8-3-4-9(12)10(5-8)18-11(13)14/h3-6,11H,2H2,1H3. The van der Waals surface area contributed by atoms with E-state index in [0.29, 0.717) is 5.69 Å². The molecular weight excluding hydrogens is 264 g/mol. The number of nitrogens with zero attached hydrogens (tertiary/aromatic N) is 3. The topological polar surface area (TPSA) is 39.9 Å². The van der Waals surface area contributed by atoms with Gasteiger partial charge in [-0.1, -0.05) is 18.5 Å². The first-order valence-corrected chi connectivity index (χ1v) is 5.64. The van der Waals surface area contributed by atoms with Crippen molar-refractivity contribution in [3.63, 3.8) is 0 Å². The second kappa shape index (κ2) is 5.30. The molecule has 4 nitrogen and oxygen atoms in total. The number of hydrogen-bond acceptors (Lipinski definition) is 3. The van der Waals surface area contributed by atoms with Crippen LogP contribution in [0.2, 0.25) is 5.02 Å². The number of aryl methyl sites for hydroxylation is 1. The Morgan fingerprint density at radius 2 is 2.22 bits per heavy atom. The van der Waals surface area contributed by atoms with Crippen molar-refractivity contribution < 1.29 is 13.5 Å². The van der Waals surface area contributed by atoms with Gasteiger partial charge in [0.2, 0.25) is 0 Å². The number of aromatic nitrogens is 3. The van der Waals surface area contributed by atoms with E-state index in [1.807, 2.05) is 6.92 Å². The van der Waals surface area contributed by atoms with Crippen molar-refractivity contribution in [2.75, 3.05) is 0 Å². The van der Waals surface area contributed by atoms with Gasteiger partial charge >= 0.3 is 6.61 Å². The van der Waals surface area contributed by atoms with E-state index < -0.39 is 6.61 Å². The Morgan fingerprint density at radius 3 is 2.83 bits per heavy atom. The molecule has 2 rings (SSSR count). The fourth-order valence-electron chi connectivity index (χ4n) is 1.38. The molecule has 96 valence electrons. The highest BCUT2D eigenvalue weighted by atomic mass is 35.5. The summed E-state index contributed by atoms with van der Waals surface area (Å²) in [5.74, 6) is -0.0977. The summed E-state index contributed by atoms with van der Waals surface area (Å²) in [6, 6.07) is 4.46. The molecule has 0 saturated carbocycles. The van der Waals surface area contributed by atoms with Crippen LogP contribution in [0.1, 0.15) is 12.6 Å². The summed E-state index contributed by atoms with van der Waals surface area (Å²) >= 11 is 5.75. The van der Waals surface area contributed by atoms with Crippen molar-refractivity contribution in [2.45, 2.75) is 20.0 Å². The van der Waals surface area contributed by atoms with Crippen molar-refractivity contribution in [1.82, 2.24) is 15.0 Å². The Morgan fingerprint density at radius 1 is 1.44 bits per heavy atom. The average molecular weight is 274 g/mol. The molecule has 0 aliphatic carbocycles. The minimum absolute atomic E-state index is 0.0977. The quantitative estimate of drug-likeness (QED) is 0.859. The highest BCUT2D eigenvalue weighted by molar-refractivity contribution is 6.32. The fourth-order valence-corrected chi connectivity index (χ4v) is 1.55. The predicted molar refractivity (Wildman–Crippen MR) is 62.4 cm³/mol. The molecule has 0 spiro atoms. The molecule has 0 N–H and O–H groups in total. The molecule has 1 heterocycles. The number of alkyl halides is 2. The van der Waals surface area contributed by atoms with E-state index >= 15 is 0 Å². The lowest BCUT2D eigenvalue weighted by atomic mass is 10.3. The third-order valence-electron chi connectivity index (χ3n) is 2.26. The molecule has 0 aliphatic rings. The number of rotatable bonds is 4. The van der Waals surface area contributed by atoms with E-state index in [9.17, 15) is 8.78 Å². The Labute approximate surface area is 107 Å². The first-order valence-electron chi connectivity index (χ1n) is 5.26. The molecule has 0 saturated heterocycles. The van der Waals surface area contributed by atoms with Crippen LogP contribution in [0, 0.1) is 0 Å². The molecule has 0 radical (unpaired) electrons. The highest BCUT2D eigenvalue weighted by Crippen LogP contribution is 2.28. The van der Waals surface area contributed by atoms with E-state index in [2.05, 4.69) is 14.9 Å². The second-order valence-corrected chi connectivity index (χ2v) is 3.88. The van der Waals surface area contributed by atoms with Crippen LogP contribution < -0.4 is 4.74 Å². The molecule has 0 unspecified atom stereocenters. The zero-order chi connectivity index (χ0) is 13.1. The van der Waals surface area contributed by atoms with Gasteiger partial charge < -0.3 is 4.74 Å². The molecule has 0 bridgehead atoms. The molecule has 0 atom stereocenters. The van der Waals surface area contributed by atoms with Crippen molar-refractivity contribution in [2.24, 2.45) is 0 Å². The SMILES string of the molecule is CCc1cnn(-c2ccc(Cl)c(OC(F)F)c2)n1. The molecule has 7 heteroatoms. The molecule has 18 heavy (non-hydrogen) atoms. The fraction of sp³-hybridized carbons (Fsp3) is 0.273. The van der Waals surface area contributed by atoms with Gasteiger partial charge in [-0.05, 0) is 18.6 Å². The summed E-state index contributed by atoms with van der Waals surface area (Å²) in [4.78, 5) is 1.34. The van der Waals surface area contributed by atoms with Gasteiger partial charge in [-0.15, -0.1) is 0 Å². The van der Waals surface area contributed by atoms with Crippen LogP contribution in [0.5, 0.6) is 5.75 Å². The number of hydrogen-bond donors (Lipinski definition) is 0. The molecule has 0 amide bonds. The molecule has 2 aromatic rings.